The van der Waals surface area contributed by atoms with Gasteiger partial charge in [-0.05, 0) is 38.5 Å². The summed E-state index contributed by atoms with van der Waals surface area (Å²) in [7, 11) is 1.30. The van der Waals surface area contributed by atoms with Crippen LogP contribution in [0.25, 0.3) is 6.08 Å². The smallest absolute Gasteiger partial charge is 0.339 e. The molecule has 0 bridgehead atoms. The highest BCUT2D eigenvalue weighted by atomic mass is 16.6. The van der Waals surface area contributed by atoms with Crippen LogP contribution >= 0.6 is 0 Å². The molecule has 1 rings (SSSR count). The summed E-state index contributed by atoms with van der Waals surface area (Å²) in [6, 6.07) is 6.92. The van der Waals surface area contributed by atoms with E-state index < -0.39 is 17.5 Å². The molecule has 0 aromatic heterocycles. The molecule has 0 spiro atoms. The maximum atomic E-state index is 12.0. The van der Waals surface area contributed by atoms with Gasteiger partial charge in [-0.3, -0.25) is 0 Å². The summed E-state index contributed by atoms with van der Waals surface area (Å²) in [5.41, 5.74) is 0.468. The van der Waals surface area contributed by atoms with Crippen LogP contribution in [0.15, 0.2) is 30.3 Å². The average Bonchev–Trinajstić information content (AvgIpc) is 2.34. The number of hydrogen-bond acceptors (Lipinski definition) is 4. The normalized spacial score (nSPS) is 11.4. The number of hydrogen-bond donors (Lipinski definition) is 0. The van der Waals surface area contributed by atoms with Crippen LogP contribution in [-0.4, -0.2) is 24.6 Å². The van der Waals surface area contributed by atoms with Crippen LogP contribution in [0.5, 0.6) is 0 Å². The maximum absolute atomic E-state index is 12.0. The first-order chi connectivity index (χ1) is 8.83. The van der Waals surface area contributed by atoms with Crippen molar-refractivity contribution in [2.45, 2.75) is 26.4 Å². The zero-order chi connectivity index (χ0) is 14.5. The van der Waals surface area contributed by atoms with Gasteiger partial charge in [-0.2, -0.15) is 0 Å². The van der Waals surface area contributed by atoms with Crippen LogP contribution in [-0.2, 0) is 14.3 Å². The van der Waals surface area contributed by atoms with Crippen molar-refractivity contribution in [3.05, 3.63) is 41.5 Å². The van der Waals surface area contributed by atoms with Gasteiger partial charge < -0.3 is 9.47 Å². The number of benzene rings is 1. The molecule has 19 heavy (non-hydrogen) atoms. The summed E-state index contributed by atoms with van der Waals surface area (Å²) in [6.45, 7) is 5.41. The Kier molecular flexibility index (Phi) is 4.87. The van der Waals surface area contributed by atoms with Crippen LogP contribution in [0.1, 0.15) is 36.7 Å². The van der Waals surface area contributed by atoms with Gasteiger partial charge in [0, 0.05) is 6.08 Å². The SMILES string of the molecule is COC(=O)C=Cc1ccccc1C(=O)OC(C)(C)C. The summed E-state index contributed by atoms with van der Waals surface area (Å²) in [5.74, 6) is -0.892. The molecule has 0 N–H and O–H groups in total. The van der Waals surface area contributed by atoms with Crippen LogP contribution in [0, 0.1) is 0 Å². The Morgan fingerprint density at radius 1 is 1.16 bits per heavy atom. The minimum Gasteiger partial charge on any atom is -0.466 e. The minimum atomic E-state index is -0.559. The molecule has 4 nitrogen and oxygen atoms in total. The van der Waals surface area contributed by atoms with Gasteiger partial charge in [0.15, 0.2) is 0 Å². The molecule has 4 heteroatoms. The quantitative estimate of drug-likeness (QED) is 0.621. The average molecular weight is 262 g/mol. The number of carbonyl (C=O) groups is 2. The topological polar surface area (TPSA) is 52.6 Å². The second kappa shape index (κ2) is 6.18. The lowest BCUT2D eigenvalue weighted by molar-refractivity contribution is -0.134. The van der Waals surface area contributed by atoms with Gasteiger partial charge in [0.25, 0.3) is 0 Å². The molecule has 1 aromatic carbocycles. The predicted molar refractivity (Wildman–Crippen MR) is 72.7 cm³/mol. The summed E-state index contributed by atoms with van der Waals surface area (Å²) >= 11 is 0. The van der Waals surface area contributed by atoms with Crippen molar-refractivity contribution in [3.8, 4) is 0 Å². The van der Waals surface area contributed by atoms with E-state index in [4.69, 9.17) is 4.74 Å². The van der Waals surface area contributed by atoms with E-state index in [1.807, 2.05) is 0 Å². The number of rotatable bonds is 3. The highest BCUT2D eigenvalue weighted by molar-refractivity contribution is 5.96. The van der Waals surface area contributed by atoms with E-state index in [1.165, 1.54) is 19.3 Å². The van der Waals surface area contributed by atoms with Gasteiger partial charge >= 0.3 is 11.9 Å². The Bertz CT molecular complexity index is 495. The lowest BCUT2D eigenvalue weighted by Crippen LogP contribution is -2.24. The van der Waals surface area contributed by atoms with E-state index in [2.05, 4.69) is 4.74 Å². The highest BCUT2D eigenvalue weighted by Crippen LogP contribution is 2.16. The van der Waals surface area contributed by atoms with Crippen molar-refractivity contribution in [1.82, 2.24) is 0 Å². The largest absolute Gasteiger partial charge is 0.466 e. The Hall–Kier alpha value is -2.10. The molecule has 0 aliphatic rings. The first kappa shape index (κ1) is 15.0. The fourth-order valence-corrected chi connectivity index (χ4v) is 1.39. The Balaban J connectivity index is 2.99. The van der Waals surface area contributed by atoms with Crippen molar-refractivity contribution < 1.29 is 19.1 Å². The van der Waals surface area contributed by atoms with Crippen LogP contribution in [0.2, 0.25) is 0 Å². The second-order valence-corrected chi connectivity index (χ2v) is 4.95. The van der Waals surface area contributed by atoms with Crippen molar-refractivity contribution in [1.29, 1.82) is 0 Å². The van der Waals surface area contributed by atoms with E-state index in [0.29, 0.717) is 11.1 Å². The first-order valence-corrected chi connectivity index (χ1v) is 5.92. The van der Waals surface area contributed by atoms with Crippen LogP contribution in [0.3, 0.4) is 0 Å². The van der Waals surface area contributed by atoms with E-state index >= 15 is 0 Å². The third kappa shape index (κ3) is 4.95. The molecular weight excluding hydrogens is 244 g/mol. The molecule has 0 fully saturated rings. The number of carbonyl (C=O) groups excluding carboxylic acids is 2. The summed E-state index contributed by atoms with van der Waals surface area (Å²) < 4.78 is 9.82. The van der Waals surface area contributed by atoms with Gasteiger partial charge in [0.05, 0.1) is 12.7 Å². The Labute approximate surface area is 113 Å². The standard InChI is InChI=1S/C15H18O4/c1-15(2,3)19-14(17)12-8-6-5-7-11(12)9-10-13(16)18-4/h5-10H,1-4H3. The number of ether oxygens (including phenoxy) is 2. The van der Waals surface area contributed by atoms with Gasteiger partial charge in [-0.1, -0.05) is 18.2 Å². The number of methoxy groups -OCH3 is 1. The van der Waals surface area contributed by atoms with Crippen molar-refractivity contribution in [3.63, 3.8) is 0 Å². The molecule has 102 valence electrons. The number of esters is 2. The summed E-state index contributed by atoms with van der Waals surface area (Å²) in [6.07, 6.45) is 2.80. The van der Waals surface area contributed by atoms with E-state index in [1.54, 1.807) is 45.0 Å². The third-order valence-corrected chi connectivity index (χ3v) is 2.18. The molecule has 0 saturated carbocycles. The third-order valence-electron chi connectivity index (χ3n) is 2.18. The highest BCUT2D eigenvalue weighted by Gasteiger charge is 2.19. The van der Waals surface area contributed by atoms with Gasteiger partial charge in [-0.15, -0.1) is 0 Å². The van der Waals surface area contributed by atoms with Crippen LogP contribution in [0.4, 0.5) is 0 Å². The van der Waals surface area contributed by atoms with Crippen molar-refractivity contribution in [2.24, 2.45) is 0 Å². The van der Waals surface area contributed by atoms with Gasteiger partial charge in [-0.25, -0.2) is 9.59 Å². The predicted octanol–water partition coefficient (Wildman–Crippen LogP) is 2.83. The summed E-state index contributed by atoms with van der Waals surface area (Å²) in [4.78, 5) is 23.1. The van der Waals surface area contributed by atoms with E-state index in [0.717, 1.165) is 0 Å². The lowest BCUT2D eigenvalue weighted by atomic mass is 10.1. The molecule has 0 aliphatic heterocycles. The Morgan fingerprint density at radius 2 is 1.79 bits per heavy atom. The lowest BCUT2D eigenvalue weighted by Gasteiger charge is -2.20. The molecule has 0 unspecified atom stereocenters. The molecule has 1 aromatic rings. The second-order valence-electron chi connectivity index (χ2n) is 4.95. The molecule has 0 saturated heterocycles. The van der Waals surface area contributed by atoms with Gasteiger partial charge in [0.1, 0.15) is 5.60 Å². The van der Waals surface area contributed by atoms with Crippen molar-refractivity contribution >= 4 is 18.0 Å². The monoisotopic (exact) mass is 262 g/mol. The molecule has 0 heterocycles. The minimum absolute atomic E-state index is 0.414. The van der Waals surface area contributed by atoms with Crippen molar-refractivity contribution in [2.75, 3.05) is 7.11 Å². The molecule has 0 atom stereocenters. The molecular formula is C15H18O4. The molecule has 0 radical (unpaired) electrons. The zero-order valence-corrected chi connectivity index (χ0v) is 11.6. The molecule has 0 amide bonds. The van der Waals surface area contributed by atoms with E-state index in [9.17, 15) is 9.59 Å². The zero-order valence-electron chi connectivity index (χ0n) is 11.6. The fourth-order valence-electron chi connectivity index (χ4n) is 1.39. The summed E-state index contributed by atoms with van der Waals surface area (Å²) in [5, 5.41) is 0. The van der Waals surface area contributed by atoms with Gasteiger partial charge in [0.2, 0.25) is 0 Å². The first-order valence-electron chi connectivity index (χ1n) is 5.92. The fraction of sp³-hybridized carbons (Fsp3) is 0.333. The van der Waals surface area contributed by atoms with Crippen LogP contribution < -0.4 is 0 Å². The Morgan fingerprint density at radius 3 is 2.37 bits per heavy atom. The van der Waals surface area contributed by atoms with E-state index in [-0.39, 0.29) is 0 Å². The molecule has 0 aliphatic carbocycles. The maximum Gasteiger partial charge on any atom is 0.339 e.